The van der Waals surface area contributed by atoms with Crippen LogP contribution in [0.1, 0.15) is 26.7 Å². The largest absolute Gasteiger partial charge is 0.436 e. The number of aliphatic hydroxyl groups is 1. The summed E-state index contributed by atoms with van der Waals surface area (Å²) in [7, 11) is 1.80. The molecule has 1 aliphatic carbocycles. The highest BCUT2D eigenvalue weighted by Crippen LogP contribution is 2.36. The number of aromatic nitrogens is 3. The van der Waals surface area contributed by atoms with Crippen LogP contribution in [0.25, 0.3) is 33.3 Å². The number of morpholine rings is 1. The molecule has 1 saturated carbocycles. The number of rotatable bonds is 6. The Morgan fingerprint density at radius 1 is 1.16 bits per heavy atom. The van der Waals surface area contributed by atoms with Crippen molar-refractivity contribution in [2.45, 2.75) is 38.4 Å². The Labute approximate surface area is 214 Å². The molecule has 0 spiro atoms. The van der Waals surface area contributed by atoms with Crippen LogP contribution in [0, 0.1) is 5.92 Å². The van der Waals surface area contributed by atoms with Crippen molar-refractivity contribution in [3.8, 4) is 11.5 Å². The number of carbonyl (C=O) groups excluding carboxylic acids is 1. The number of amides is 1. The lowest BCUT2D eigenvalue weighted by Gasteiger charge is -2.39. The van der Waals surface area contributed by atoms with Gasteiger partial charge in [-0.05, 0) is 51.0 Å². The first-order valence-electron chi connectivity index (χ1n) is 12.6. The monoisotopic (exact) mass is 502 g/mol. The van der Waals surface area contributed by atoms with Gasteiger partial charge in [-0.3, -0.25) is 4.79 Å². The summed E-state index contributed by atoms with van der Waals surface area (Å²) in [4.78, 5) is 28.3. The summed E-state index contributed by atoms with van der Waals surface area (Å²) >= 11 is 0. The summed E-state index contributed by atoms with van der Waals surface area (Å²) in [5, 5.41) is 18.1. The topological polar surface area (TPSA) is 126 Å². The van der Waals surface area contributed by atoms with Crippen molar-refractivity contribution < 1.29 is 19.1 Å². The molecule has 3 aromatic heterocycles. The third-order valence-corrected chi connectivity index (χ3v) is 7.03. The number of fused-ring (bicyclic) bond motifs is 2. The van der Waals surface area contributed by atoms with Crippen LogP contribution in [0.3, 0.4) is 0 Å². The van der Waals surface area contributed by atoms with Gasteiger partial charge in [0.15, 0.2) is 5.58 Å². The minimum atomic E-state index is -0.927. The average Bonchev–Trinajstić information content (AvgIpc) is 3.66. The van der Waals surface area contributed by atoms with Gasteiger partial charge in [0.05, 0.1) is 17.8 Å². The predicted molar refractivity (Wildman–Crippen MR) is 142 cm³/mol. The van der Waals surface area contributed by atoms with Gasteiger partial charge >= 0.3 is 0 Å². The summed E-state index contributed by atoms with van der Waals surface area (Å²) in [6.07, 6.45) is 5.00. The van der Waals surface area contributed by atoms with E-state index in [1.54, 1.807) is 33.3 Å². The van der Waals surface area contributed by atoms with E-state index in [4.69, 9.17) is 14.1 Å². The molecule has 0 unspecified atom stereocenters. The van der Waals surface area contributed by atoms with Crippen molar-refractivity contribution in [1.29, 1.82) is 0 Å². The van der Waals surface area contributed by atoms with Crippen LogP contribution in [0.2, 0.25) is 0 Å². The summed E-state index contributed by atoms with van der Waals surface area (Å²) in [5.41, 5.74) is 2.16. The van der Waals surface area contributed by atoms with Gasteiger partial charge in [0.1, 0.15) is 23.3 Å². The molecule has 1 aliphatic heterocycles. The number of nitrogens with zero attached hydrogens (tertiary/aromatic N) is 4. The fourth-order valence-electron chi connectivity index (χ4n) is 4.69. The molecule has 4 aromatic rings. The molecule has 1 atom stereocenters. The van der Waals surface area contributed by atoms with Gasteiger partial charge in [-0.25, -0.2) is 15.0 Å². The van der Waals surface area contributed by atoms with Crippen LogP contribution in [0.4, 0.5) is 17.3 Å². The zero-order valence-corrected chi connectivity index (χ0v) is 21.1. The lowest BCUT2D eigenvalue weighted by Crippen LogP contribution is -2.52. The first-order chi connectivity index (χ1) is 17.8. The van der Waals surface area contributed by atoms with Gasteiger partial charge in [0, 0.05) is 54.9 Å². The van der Waals surface area contributed by atoms with Gasteiger partial charge in [0.2, 0.25) is 11.8 Å². The van der Waals surface area contributed by atoms with Crippen molar-refractivity contribution in [3.05, 3.63) is 36.7 Å². The van der Waals surface area contributed by atoms with E-state index in [0.717, 1.165) is 41.4 Å². The predicted octanol–water partition coefficient (Wildman–Crippen LogP) is 3.80. The zero-order chi connectivity index (χ0) is 25.7. The Morgan fingerprint density at radius 3 is 2.76 bits per heavy atom. The third kappa shape index (κ3) is 4.58. The molecule has 192 valence electrons. The number of oxazole rings is 1. The van der Waals surface area contributed by atoms with Crippen molar-refractivity contribution in [2.24, 2.45) is 5.92 Å². The maximum atomic E-state index is 12.3. The Kier molecular flexibility index (Phi) is 5.73. The van der Waals surface area contributed by atoms with Gasteiger partial charge in [-0.1, -0.05) is 0 Å². The van der Waals surface area contributed by atoms with Gasteiger partial charge in [-0.15, -0.1) is 0 Å². The van der Waals surface area contributed by atoms with Gasteiger partial charge < -0.3 is 29.8 Å². The number of nitrogens with one attached hydrogen (secondary N) is 2. The Balaban J connectivity index is 1.36. The maximum absolute atomic E-state index is 12.3. The molecule has 1 aromatic carbocycles. The van der Waals surface area contributed by atoms with E-state index in [9.17, 15) is 9.90 Å². The quantitative estimate of drug-likeness (QED) is 0.361. The highest BCUT2D eigenvalue weighted by atomic mass is 16.5. The molecule has 10 heteroatoms. The number of hydrogen-bond acceptors (Lipinski definition) is 9. The second-order valence-electron chi connectivity index (χ2n) is 10.3. The fraction of sp³-hybridized carbons (Fsp3) is 0.407. The van der Waals surface area contributed by atoms with E-state index in [2.05, 4.69) is 25.5 Å². The summed E-state index contributed by atoms with van der Waals surface area (Å²) < 4.78 is 11.9. The molecular formula is C27H30N6O4. The number of hydrogen-bond donors (Lipinski definition) is 3. The van der Waals surface area contributed by atoms with Crippen molar-refractivity contribution in [2.75, 3.05) is 42.3 Å². The number of benzene rings is 1. The smallest absolute Gasteiger partial charge is 0.229 e. The van der Waals surface area contributed by atoms with E-state index in [1.807, 2.05) is 24.3 Å². The van der Waals surface area contributed by atoms with Crippen LogP contribution in [-0.4, -0.2) is 64.4 Å². The second-order valence-corrected chi connectivity index (χ2v) is 10.3. The SMILES string of the molecule is CNc1ncc(-c2nc3cc(N4CCO[C@@H](C(C)(C)O)C4)ccc3o2)c2cc(NC(=O)C3CC3)ncc12. The molecule has 6 rings (SSSR count). The summed E-state index contributed by atoms with van der Waals surface area (Å²) in [5.74, 6) is 1.69. The normalized spacial score (nSPS) is 18.4. The minimum absolute atomic E-state index is 0.000579. The first-order valence-corrected chi connectivity index (χ1v) is 12.6. The summed E-state index contributed by atoms with van der Waals surface area (Å²) in [6.45, 7) is 5.39. The van der Waals surface area contributed by atoms with Crippen molar-refractivity contribution in [1.82, 2.24) is 15.0 Å². The van der Waals surface area contributed by atoms with Crippen molar-refractivity contribution >= 4 is 45.1 Å². The second kappa shape index (κ2) is 8.97. The molecule has 1 saturated heterocycles. The molecule has 0 radical (unpaired) electrons. The molecule has 2 aliphatic rings. The number of carbonyl (C=O) groups is 1. The number of anilines is 3. The van der Waals surface area contributed by atoms with E-state index in [-0.39, 0.29) is 17.9 Å². The van der Waals surface area contributed by atoms with E-state index in [1.165, 1.54) is 0 Å². The molecule has 37 heavy (non-hydrogen) atoms. The molecule has 2 fully saturated rings. The molecule has 4 heterocycles. The zero-order valence-electron chi connectivity index (χ0n) is 21.1. The van der Waals surface area contributed by atoms with Gasteiger partial charge in [0.25, 0.3) is 0 Å². The lowest BCUT2D eigenvalue weighted by molar-refractivity contribution is -0.117. The lowest BCUT2D eigenvalue weighted by atomic mass is 10.00. The Hall–Kier alpha value is -3.76. The molecular weight excluding hydrogens is 472 g/mol. The average molecular weight is 503 g/mol. The Morgan fingerprint density at radius 2 is 2.00 bits per heavy atom. The fourth-order valence-corrected chi connectivity index (χ4v) is 4.69. The standard InChI is InChI=1S/C27H30N6O4/c1-27(2,35)22-14-33(8-9-36-22)16-6-7-21-20(10-16)31-26(37-21)19-13-30-24(28-3)18-12-29-23(11-17(18)19)32-25(34)15-4-5-15/h6-7,10-13,15,22,35H,4-5,8-9,14H2,1-3H3,(H,28,30)(H,29,32,34)/t22-/m1/s1. The van der Waals surface area contributed by atoms with E-state index >= 15 is 0 Å². The van der Waals surface area contributed by atoms with Crippen molar-refractivity contribution in [3.63, 3.8) is 0 Å². The van der Waals surface area contributed by atoms with E-state index < -0.39 is 5.60 Å². The summed E-state index contributed by atoms with van der Waals surface area (Å²) in [6, 6.07) is 7.75. The molecule has 1 amide bonds. The highest BCUT2D eigenvalue weighted by molar-refractivity contribution is 6.03. The maximum Gasteiger partial charge on any atom is 0.229 e. The van der Waals surface area contributed by atoms with Gasteiger partial charge in [-0.2, -0.15) is 0 Å². The number of pyridine rings is 2. The molecule has 3 N–H and O–H groups in total. The first kappa shape index (κ1) is 23.6. The highest BCUT2D eigenvalue weighted by Gasteiger charge is 2.33. The van der Waals surface area contributed by atoms with Crippen LogP contribution in [0.15, 0.2) is 41.1 Å². The van der Waals surface area contributed by atoms with Crippen LogP contribution >= 0.6 is 0 Å². The van der Waals surface area contributed by atoms with Crippen LogP contribution < -0.4 is 15.5 Å². The van der Waals surface area contributed by atoms with E-state index in [0.29, 0.717) is 41.8 Å². The van der Waals surface area contributed by atoms with Crippen LogP contribution in [-0.2, 0) is 9.53 Å². The Bertz CT molecular complexity index is 1490. The minimum Gasteiger partial charge on any atom is -0.436 e. The van der Waals surface area contributed by atoms with Crippen LogP contribution in [0.5, 0.6) is 0 Å². The molecule has 0 bridgehead atoms. The molecule has 10 nitrogen and oxygen atoms in total. The number of ether oxygens (including phenoxy) is 1. The third-order valence-electron chi connectivity index (χ3n) is 7.03.